The molecule has 2 amide bonds. The summed E-state index contributed by atoms with van der Waals surface area (Å²) in [5.41, 5.74) is 2.24. The number of amides is 2. The van der Waals surface area contributed by atoms with Crippen molar-refractivity contribution in [1.29, 1.82) is 0 Å². The monoisotopic (exact) mass is 427 g/mol. The third kappa shape index (κ3) is 4.15. The minimum Gasteiger partial charge on any atom is -0.337 e. The molecule has 1 aliphatic heterocycles. The number of benzene rings is 1. The number of hydrogen-bond donors (Lipinski definition) is 2. The molecule has 0 aliphatic carbocycles. The molecule has 3 heterocycles. The third-order valence-electron chi connectivity index (χ3n) is 5.01. The van der Waals surface area contributed by atoms with E-state index >= 15 is 0 Å². The summed E-state index contributed by atoms with van der Waals surface area (Å²) in [6.07, 6.45) is 2.90. The van der Waals surface area contributed by atoms with Gasteiger partial charge in [-0.1, -0.05) is 18.2 Å². The molecule has 29 heavy (non-hydrogen) atoms. The zero-order valence-corrected chi connectivity index (χ0v) is 17.6. The lowest BCUT2D eigenvalue weighted by Gasteiger charge is -2.31. The minimum absolute atomic E-state index is 0.0275. The van der Waals surface area contributed by atoms with Crippen molar-refractivity contribution in [2.75, 3.05) is 18.4 Å². The van der Waals surface area contributed by atoms with Gasteiger partial charge in [0.1, 0.15) is 5.69 Å². The Labute approximate surface area is 177 Å². The van der Waals surface area contributed by atoms with Crippen LogP contribution in [0.1, 0.15) is 29.0 Å². The maximum absolute atomic E-state index is 13.1. The van der Waals surface area contributed by atoms with Gasteiger partial charge >= 0.3 is 0 Å². The average Bonchev–Trinajstić information content (AvgIpc) is 3.33. The number of carbonyl (C=O) groups excluding carboxylic acids is 2. The van der Waals surface area contributed by atoms with Crippen LogP contribution in [0.5, 0.6) is 0 Å². The Bertz CT molecular complexity index is 1080. The lowest BCUT2D eigenvalue weighted by Crippen LogP contribution is -2.42. The summed E-state index contributed by atoms with van der Waals surface area (Å²) in [4.78, 5) is 34.6. The molecule has 3 aromatic rings. The molecule has 0 spiro atoms. The number of likely N-dealkylation sites (tertiary alicyclic amines) is 1. The highest BCUT2D eigenvalue weighted by Crippen LogP contribution is 2.23. The second-order valence-corrected chi connectivity index (χ2v) is 8.24. The molecule has 2 aromatic heterocycles. The van der Waals surface area contributed by atoms with E-state index in [2.05, 4.69) is 15.3 Å². The number of nitrogens with zero attached hydrogens (tertiary/aromatic N) is 3. The molecule has 9 heteroatoms. The Morgan fingerprint density at radius 1 is 1.24 bits per heavy atom. The first-order valence-electron chi connectivity index (χ1n) is 9.41. The first-order chi connectivity index (χ1) is 14.0. The van der Waals surface area contributed by atoms with Gasteiger partial charge in [0, 0.05) is 36.3 Å². The number of thiazole rings is 1. The quantitative estimate of drug-likeness (QED) is 0.621. The number of nitrogens with one attached hydrogen (secondary N) is 2. The van der Waals surface area contributed by atoms with Crippen LogP contribution in [-0.4, -0.2) is 44.3 Å². The first kappa shape index (κ1) is 19.5. The smallest absolute Gasteiger partial charge is 0.272 e. The average molecular weight is 428 g/mol. The molecule has 1 saturated heterocycles. The molecule has 1 aliphatic rings. The molecule has 1 fully saturated rings. The summed E-state index contributed by atoms with van der Waals surface area (Å²) in [6.45, 7) is 2.95. The van der Waals surface area contributed by atoms with Crippen LogP contribution < -0.4 is 5.32 Å². The normalized spacial score (nSPS) is 14.7. The minimum atomic E-state index is -0.120. The number of imidazole rings is 1. The molecular weight excluding hydrogens is 406 g/mol. The van der Waals surface area contributed by atoms with Crippen LogP contribution in [0.15, 0.2) is 41.9 Å². The predicted molar refractivity (Wildman–Crippen MR) is 115 cm³/mol. The fourth-order valence-electron chi connectivity index (χ4n) is 3.48. The molecule has 0 atom stereocenters. The molecule has 1 aromatic carbocycles. The van der Waals surface area contributed by atoms with Gasteiger partial charge in [-0.05, 0) is 44.1 Å². The van der Waals surface area contributed by atoms with Gasteiger partial charge in [-0.15, -0.1) is 11.3 Å². The number of para-hydroxylation sites is 1. The molecule has 0 radical (unpaired) electrons. The Hall–Kier alpha value is -2.78. The third-order valence-corrected chi connectivity index (χ3v) is 6.19. The van der Waals surface area contributed by atoms with Crippen molar-refractivity contribution < 1.29 is 9.59 Å². The van der Waals surface area contributed by atoms with E-state index in [1.54, 1.807) is 15.7 Å². The van der Waals surface area contributed by atoms with E-state index in [0.29, 0.717) is 41.5 Å². The van der Waals surface area contributed by atoms with Crippen molar-refractivity contribution in [3.63, 3.8) is 0 Å². The molecule has 0 bridgehead atoms. The Kier molecular flexibility index (Phi) is 5.59. The molecule has 0 saturated carbocycles. The largest absolute Gasteiger partial charge is 0.337 e. The fraction of sp³-hybridized carbons (Fsp3) is 0.300. The number of piperidine rings is 1. The number of anilines is 1. The number of rotatable bonds is 4. The highest BCUT2D eigenvalue weighted by atomic mass is 32.1. The van der Waals surface area contributed by atoms with Crippen molar-refractivity contribution in [2.45, 2.75) is 19.8 Å². The number of carbonyl (C=O) groups is 2. The summed E-state index contributed by atoms with van der Waals surface area (Å²) in [5, 5.41) is 5.42. The van der Waals surface area contributed by atoms with E-state index in [9.17, 15) is 9.59 Å². The molecule has 150 valence electrons. The number of H-pyrrole nitrogens is 1. The SMILES string of the molecule is Cc1csc(NC(=O)C2CCN(C(=O)c3c[nH]c(=S)n3-c3ccccc3)CC2)n1. The van der Waals surface area contributed by atoms with Crippen LogP contribution in [0.25, 0.3) is 5.69 Å². The summed E-state index contributed by atoms with van der Waals surface area (Å²) in [7, 11) is 0. The van der Waals surface area contributed by atoms with Crippen LogP contribution >= 0.6 is 23.6 Å². The zero-order valence-electron chi connectivity index (χ0n) is 15.9. The molecule has 4 rings (SSSR count). The summed E-state index contributed by atoms with van der Waals surface area (Å²) in [5.74, 6) is -0.235. The van der Waals surface area contributed by atoms with E-state index in [1.807, 2.05) is 42.6 Å². The molecule has 2 N–H and O–H groups in total. The van der Waals surface area contributed by atoms with E-state index in [4.69, 9.17) is 12.2 Å². The summed E-state index contributed by atoms with van der Waals surface area (Å²) >= 11 is 6.79. The van der Waals surface area contributed by atoms with E-state index in [-0.39, 0.29) is 17.7 Å². The van der Waals surface area contributed by atoms with Crippen LogP contribution in [0.4, 0.5) is 5.13 Å². The standard InChI is InChI=1S/C20H21N5O2S2/c1-13-12-29-19(22-13)23-17(26)14-7-9-24(10-8-14)18(27)16-11-21-20(28)25(16)15-5-3-2-4-6-15/h2-6,11-12,14H,7-10H2,1H3,(H,21,28)(H,22,23,26). The van der Waals surface area contributed by atoms with Crippen LogP contribution in [0.3, 0.4) is 0 Å². The fourth-order valence-corrected chi connectivity index (χ4v) is 4.44. The number of hydrogen-bond acceptors (Lipinski definition) is 5. The molecule has 7 nitrogen and oxygen atoms in total. The lowest BCUT2D eigenvalue weighted by molar-refractivity contribution is -0.121. The highest BCUT2D eigenvalue weighted by molar-refractivity contribution is 7.71. The predicted octanol–water partition coefficient (Wildman–Crippen LogP) is 3.79. The van der Waals surface area contributed by atoms with Gasteiger partial charge in [-0.3, -0.25) is 14.2 Å². The van der Waals surface area contributed by atoms with Gasteiger partial charge in [0.2, 0.25) is 5.91 Å². The summed E-state index contributed by atoms with van der Waals surface area (Å²) < 4.78 is 2.23. The second kappa shape index (κ2) is 8.30. The molecule has 0 unspecified atom stereocenters. The number of aryl methyl sites for hydroxylation is 1. The van der Waals surface area contributed by atoms with E-state index in [0.717, 1.165) is 11.4 Å². The van der Waals surface area contributed by atoms with Gasteiger partial charge in [-0.25, -0.2) is 4.98 Å². The van der Waals surface area contributed by atoms with Gasteiger partial charge in [0.25, 0.3) is 5.91 Å². The molecular formula is C20H21N5O2S2. The van der Waals surface area contributed by atoms with Crippen LogP contribution in [0.2, 0.25) is 0 Å². The topological polar surface area (TPSA) is 83.0 Å². The van der Waals surface area contributed by atoms with E-state index in [1.165, 1.54) is 11.3 Å². The Balaban J connectivity index is 1.42. The van der Waals surface area contributed by atoms with Gasteiger partial charge < -0.3 is 15.2 Å². The lowest BCUT2D eigenvalue weighted by atomic mass is 9.96. The summed E-state index contributed by atoms with van der Waals surface area (Å²) in [6, 6.07) is 9.57. The van der Waals surface area contributed by atoms with Gasteiger partial charge in [-0.2, -0.15) is 0 Å². The van der Waals surface area contributed by atoms with Crippen LogP contribution in [0, 0.1) is 17.6 Å². The Morgan fingerprint density at radius 2 is 1.97 bits per heavy atom. The maximum Gasteiger partial charge on any atom is 0.272 e. The maximum atomic E-state index is 13.1. The zero-order chi connectivity index (χ0) is 20.4. The second-order valence-electron chi connectivity index (χ2n) is 7.00. The van der Waals surface area contributed by atoms with Crippen molar-refractivity contribution >= 4 is 40.5 Å². The van der Waals surface area contributed by atoms with Gasteiger partial charge in [0.05, 0.1) is 5.69 Å². The first-order valence-corrected chi connectivity index (χ1v) is 10.7. The van der Waals surface area contributed by atoms with Crippen molar-refractivity contribution in [2.24, 2.45) is 5.92 Å². The van der Waals surface area contributed by atoms with Crippen molar-refractivity contribution in [1.82, 2.24) is 19.4 Å². The van der Waals surface area contributed by atoms with Gasteiger partial charge in [0.15, 0.2) is 9.90 Å². The number of aromatic amines is 1. The van der Waals surface area contributed by atoms with Crippen molar-refractivity contribution in [3.05, 3.63) is 58.1 Å². The van der Waals surface area contributed by atoms with Crippen LogP contribution in [-0.2, 0) is 4.79 Å². The van der Waals surface area contributed by atoms with Crippen molar-refractivity contribution in [3.8, 4) is 5.69 Å². The number of aromatic nitrogens is 3. The Morgan fingerprint density at radius 3 is 2.62 bits per heavy atom. The highest BCUT2D eigenvalue weighted by Gasteiger charge is 2.29. The van der Waals surface area contributed by atoms with E-state index < -0.39 is 0 Å².